The summed E-state index contributed by atoms with van der Waals surface area (Å²) in [5.41, 5.74) is -2.36. The van der Waals surface area contributed by atoms with Crippen LogP contribution in [0.3, 0.4) is 0 Å². The van der Waals surface area contributed by atoms with Gasteiger partial charge in [-0.3, -0.25) is 9.98 Å². The minimum atomic E-state index is -1.18. The van der Waals surface area contributed by atoms with Crippen molar-refractivity contribution < 1.29 is 9.59 Å². The summed E-state index contributed by atoms with van der Waals surface area (Å²) in [4.78, 5) is 30.1. The number of nitrogens with zero attached hydrogens (tertiary/aromatic N) is 2. The Morgan fingerprint density at radius 1 is 0.857 bits per heavy atom. The van der Waals surface area contributed by atoms with E-state index in [1.807, 2.05) is 0 Å². The van der Waals surface area contributed by atoms with Crippen LogP contribution < -0.4 is 0 Å². The SMILES string of the molecule is O=CC1(C2(C=O)C=CC=N2)C=CC=N1. The second kappa shape index (κ2) is 2.83. The number of carbonyl (C=O) groups is 2. The third kappa shape index (κ3) is 0.878. The molecule has 2 aliphatic heterocycles. The number of rotatable bonds is 3. The van der Waals surface area contributed by atoms with E-state index in [1.165, 1.54) is 12.4 Å². The number of aliphatic imine (C=N–C) groups is 2. The zero-order chi connectivity index (χ0) is 10.1. The third-order valence-corrected chi connectivity index (χ3v) is 2.45. The van der Waals surface area contributed by atoms with E-state index in [9.17, 15) is 9.59 Å². The van der Waals surface area contributed by atoms with Crippen LogP contribution in [-0.4, -0.2) is 36.1 Å². The molecule has 0 saturated carbocycles. The van der Waals surface area contributed by atoms with Crippen LogP contribution in [0.1, 0.15) is 0 Å². The Kier molecular flexibility index (Phi) is 1.77. The van der Waals surface area contributed by atoms with Crippen LogP contribution in [0, 0.1) is 0 Å². The molecule has 4 heteroatoms. The number of aldehydes is 2. The Labute approximate surface area is 80.7 Å². The Morgan fingerprint density at radius 3 is 1.50 bits per heavy atom. The van der Waals surface area contributed by atoms with Gasteiger partial charge in [-0.05, 0) is 24.3 Å². The van der Waals surface area contributed by atoms with E-state index in [0.717, 1.165) is 0 Å². The molecular weight excluding hydrogens is 180 g/mol. The molecule has 0 fully saturated rings. The minimum absolute atomic E-state index is 0.647. The highest BCUT2D eigenvalue weighted by Gasteiger charge is 2.50. The quantitative estimate of drug-likeness (QED) is 0.591. The predicted octanol–water partition coefficient (Wildman–Crippen LogP) is 0.143. The van der Waals surface area contributed by atoms with Crippen molar-refractivity contribution in [2.24, 2.45) is 9.98 Å². The Bertz CT molecular complexity index is 329. The van der Waals surface area contributed by atoms with Crippen molar-refractivity contribution in [1.82, 2.24) is 0 Å². The van der Waals surface area contributed by atoms with Gasteiger partial charge in [-0.15, -0.1) is 0 Å². The highest BCUT2D eigenvalue weighted by molar-refractivity contribution is 5.96. The van der Waals surface area contributed by atoms with Crippen LogP contribution >= 0.6 is 0 Å². The number of hydrogen-bond donors (Lipinski definition) is 0. The maximum absolute atomic E-state index is 11.0. The highest BCUT2D eigenvalue weighted by atomic mass is 16.1. The van der Waals surface area contributed by atoms with Crippen LogP contribution in [0.25, 0.3) is 0 Å². The summed E-state index contributed by atoms with van der Waals surface area (Å²) in [6, 6.07) is 0. The van der Waals surface area contributed by atoms with Crippen LogP contribution in [0.15, 0.2) is 34.3 Å². The summed E-state index contributed by atoms with van der Waals surface area (Å²) in [6.45, 7) is 0. The van der Waals surface area contributed by atoms with Gasteiger partial charge in [0.15, 0.2) is 23.7 Å². The van der Waals surface area contributed by atoms with Gasteiger partial charge in [-0.25, -0.2) is 0 Å². The van der Waals surface area contributed by atoms with Gasteiger partial charge in [0.25, 0.3) is 0 Å². The van der Waals surface area contributed by atoms with Crippen LogP contribution in [0.4, 0.5) is 0 Å². The minimum Gasteiger partial charge on any atom is -0.300 e. The van der Waals surface area contributed by atoms with Crippen molar-refractivity contribution in [2.45, 2.75) is 11.1 Å². The lowest BCUT2D eigenvalue weighted by Crippen LogP contribution is -2.50. The maximum Gasteiger partial charge on any atom is 0.169 e. The molecule has 0 aromatic rings. The molecule has 0 radical (unpaired) electrons. The molecule has 4 nitrogen and oxygen atoms in total. The molecule has 0 saturated heterocycles. The fourth-order valence-electron chi connectivity index (χ4n) is 1.60. The largest absolute Gasteiger partial charge is 0.300 e. The molecule has 0 aromatic carbocycles. The van der Waals surface area contributed by atoms with E-state index in [4.69, 9.17) is 0 Å². The summed E-state index contributed by atoms with van der Waals surface area (Å²) in [5.74, 6) is 0. The van der Waals surface area contributed by atoms with E-state index in [0.29, 0.717) is 12.6 Å². The summed E-state index contributed by atoms with van der Waals surface area (Å²) < 4.78 is 0. The molecule has 2 rings (SSSR count). The molecule has 2 unspecified atom stereocenters. The summed E-state index contributed by atoms with van der Waals surface area (Å²) in [5, 5.41) is 0. The topological polar surface area (TPSA) is 58.9 Å². The van der Waals surface area contributed by atoms with Crippen LogP contribution in [0.2, 0.25) is 0 Å². The Hall–Kier alpha value is -1.84. The molecule has 0 bridgehead atoms. The van der Waals surface area contributed by atoms with E-state index < -0.39 is 11.1 Å². The van der Waals surface area contributed by atoms with Crippen molar-refractivity contribution in [3.8, 4) is 0 Å². The number of allylic oxidation sites excluding steroid dienone is 2. The fraction of sp³-hybridized carbons (Fsp3) is 0.200. The van der Waals surface area contributed by atoms with E-state index >= 15 is 0 Å². The highest BCUT2D eigenvalue weighted by Crippen LogP contribution is 2.33. The van der Waals surface area contributed by atoms with Gasteiger partial charge in [0, 0.05) is 12.4 Å². The second-order valence-electron chi connectivity index (χ2n) is 3.16. The third-order valence-electron chi connectivity index (χ3n) is 2.45. The molecule has 2 atom stereocenters. The smallest absolute Gasteiger partial charge is 0.169 e. The lowest BCUT2D eigenvalue weighted by atomic mass is 9.80. The first-order chi connectivity index (χ1) is 6.79. The summed E-state index contributed by atoms with van der Waals surface area (Å²) >= 11 is 0. The number of hydrogen-bond acceptors (Lipinski definition) is 4. The summed E-state index contributed by atoms with van der Waals surface area (Å²) in [7, 11) is 0. The second-order valence-corrected chi connectivity index (χ2v) is 3.16. The molecular formula is C10H8N2O2. The molecule has 0 aliphatic carbocycles. The van der Waals surface area contributed by atoms with Gasteiger partial charge in [0.1, 0.15) is 0 Å². The number of carbonyl (C=O) groups excluding carboxylic acids is 2. The van der Waals surface area contributed by atoms with Crippen molar-refractivity contribution in [2.75, 3.05) is 0 Å². The molecule has 2 aliphatic rings. The van der Waals surface area contributed by atoms with Gasteiger partial charge in [-0.1, -0.05) is 0 Å². The lowest BCUT2D eigenvalue weighted by molar-refractivity contribution is -0.118. The predicted molar refractivity (Wildman–Crippen MR) is 52.9 cm³/mol. The van der Waals surface area contributed by atoms with Crippen molar-refractivity contribution >= 4 is 25.0 Å². The zero-order valence-corrected chi connectivity index (χ0v) is 7.33. The van der Waals surface area contributed by atoms with Crippen LogP contribution in [-0.2, 0) is 9.59 Å². The van der Waals surface area contributed by atoms with E-state index in [-0.39, 0.29) is 0 Å². The molecule has 0 spiro atoms. The lowest BCUT2D eigenvalue weighted by Gasteiger charge is -2.29. The molecule has 70 valence electrons. The first kappa shape index (κ1) is 8.74. The van der Waals surface area contributed by atoms with E-state index in [1.54, 1.807) is 24.3 Å². The maximum atomic E-state index is 11.0. The van der Waals surface area contributed by atoms with Gasteiger partial charge in [-0.2, -0.15) is 0 Å². The first-order valence-electron chi connectivity index (χ1n) is 4.17. The van der Waals surface area contributed by atoms with Crippen molar-refractivity contribution in [3.05, 3.63) is 24.3 Å². The van der Waals surface area contributed by atoms with Gasteiger partial charge in [0.05, 0.1) is 0 Å². The molecule has 0 amide bonds. The zero-order valence-electron chi connectivity index (χ0n) is 7.33. The monoisotopic (exact) mass is 188 g/mol. The molecule has 0 aromatic heterocycles. The van der Waals surface area contributed by atoms with Gasteiger partial charge >= 0.3 is 0 Å². The van der Waals surface area contributed by atoms with E-state index in [2.05, 4.69) is 9.98 Å². The first-order valence-corrected chi connectivity index (χ1v) is 4.17. The van der Waals surface area contributed by atoms with Gasteiger partial charge < -0.3 is 9.59 Å². The van der Waals surface area contributed by atoms with Gasteiger partial charge in [0.2, 0.25) is 0 Å². The average Bonchev–Trinajstić information content (AvgIpc) is 2.88. The Balaban J connectivity index is 2.55. The summed E-state index contributed by atoms with van der Waals surface area (Å²) in [6.07, 6.45) is 10.7. The van der Waals surface area contributed by atoms with Crippen molar-refractivity contribution in [3.63, 3.8) is 0 Å². The molecule has 0 N–H and O–H groups in total. The fourth-order valence-corrected chi connectivity index (χ4v) is 1.60. The Morgan fingerprint density at radius 2 is 1.29 bits per heavy atom. The molecule has 14 heavy (non-hydrogen) atoms. The van der Waals surface area contributed by atoms with Crippen molar-refractivity contribution in [1.29, 1.82) is 0 Å². The normalized spacial score (nSPS) is 38.0. The standard InChI is InChI=1S/C10H8N2O2/c13-7-9(3-1-5-11-9)10(8-14)4-2-6-12-10/h1-8H. The van der Waals surface area contributed by atoms with Crippen LogP contribution in [0.5, 0.6) is 0 Å². The average molecular weight is 188 g/mol. The molecule has 2 heterocycles.